The molecule has 0 fully saturated rings. The number of carbonyl (C=O) groups is 2. The highest BCUT2D eigenvalue weighted by atomic mass is 16.3. The maximum atomic E-state index is 12.5. The van der Waals surface area contributed by atoms with Gasteiger partial charge in [-0.25, -0.2) is 0 Å². The van der Waals surface area contributed by atoms with E-state index in [0.717, 1.165) is 11.4 Å². The van der Waals surface area contributed by atoms with Gasteiger partial charge in [-0.3, -0.25) is 9.59 Å². The Balaban J connectivity index is 1.35. The molecule has 2 amide bonds. The zero-order chi connectivity index (χ0) is 20.8. The SMILES string of the molecule is O=C(Nc1ccc(Nc2ccccc2)cc1)c1ccc(NC(=O)c2ccco2)cc1. The van der Waals surface area contributed by atoms with Crippen LogP contribution in [0.15, 0.2) is 102 Å². The number of rotatable bonds is 6. The van der Waals surface area contributed by atoms with Crippen LogP contribution in [-0.4, -0.2) is 11.8 Å². The lowest BCUT2D eigenvalue weighted by Gasteiger charge is -2.09. The highest BCUT2D eigenvalue weighted by molar-refractivity contribution is 6.05. The number of furan rings is 1. The second-order valence-electron chi connectivity index (χ2n) is 6.53. The van der Waals surface area contributed by atoms with Crippen molar-refractivity contribution < 1.29 is 14.0 Å². The molecule has 30 heavy (non-hydrogen) atoms. The van der Waals surface area contributed by atoms with Crippen molar-refractivity contribution in [2.75, 3.05) is 16.0 Å². The molecule has 0 bridgehead atoms. The van der Waals surface area contributed by atoms with E-state index in [4.69, 9.17) is 4.42 Å². The van der Waals surface area contributed by atoms with E-state index in [1.807, 2.05) is 54.6 Å². The van der Waals surface area contributed by atoms with Crippen LogP contribution < -0.4 is 16.0 Å². The van der Waals surface area contributed by atoms with Gasteiger partial charge >= 0.3 is 0 Å². The van der Waals surface area contributed by atoms with Gasteiger partial charge in [0, 0.05) is 28.3 Å². The molecule has 0 unspecified atom stereocenters. The minimum Gasteiger partial charge on any atom is -0.459 e. The first-order valence-electron chi connectivity index (χ1n) is 9.36. The molecule has 0 spiro atoms. The predicted molar refractivity (Wildman–Crippen MR) is 117 cm³/mol. The lowest BCUT2D eigenvalue weighted by molar-refractivity contribution is 0.0995. The molecule has 3 aromatic carbocycles. The molecule has 0 aliphatic carbocycles. The normalized spacial score (nSPS) is 10.3. The first-order chi connectivity index (χ1) is 14.7. The number of carbonyl (C=O) groups excluding carboxylic acids is 2. The number of benzene rings is 3. The molecular formula is C24H19N3O3. The number of amides is 2. The summed E-state index contributed by atoms with van der Waals surface area (Å²) < 4.78 is 5.06. The fourth-order valence-corrected chi connectivity index (χ4v) is 2.83. The third kappa shape index (κ3) is 4.74. The maximum absolute atomic E-state index is 12.5. The molecule has 148 valence electrons. The van der Waals surface area contributed by atoms with Gasteiger partial charge in [-0.05, 0) is 72.8 Å². The van der Waals surface area contributed by atoms with Crippen molar-refractivity contribution in [3.05, 3.63) is 109 Å². The van der Waals surface area contributed by atoms with Crippen molar-refractivity contribution >= 4 is 34.6 Å². The fourth-order valence-electron chi connectivity index (χ4n) is 2.83. The van der Waals surface area contributed by atoms with Gasteiger partial charge in [0.2, 0.25) is 0 Å². The molecule has 6 nitrogen and oxygen atoms in total. The topological polar surface area (TPSA) is 83.4 Å². The van der Waals surface area contributed by atoms with Crippen LogP contribution in [0.4, 0.5) is 22.7 Å². The Morgan fingerprint density at radius 1 is 0.567 bits per heavy atom. The molecular weight excluding hydrogens is 378 g/mol. The Bertz CT molecular complexity index is 1120. The molecule has 1 heterocycles. The van der Waals surface area contributed by atoms with Crippen molar-refractivity contribution in [1.29, 1.82) is 0 Å². The second kappa shape index (κ2) is 8.79. The molecule has 4 aromatic rings. The van der Waals surface area contributed by atoms with E-state index >= 15 is 0 Å². The summed E-state index contributed by atoms with van der Waals surface area (Å²) in [7, 11) is 0. The van der Waals surface area contributed by atoms with Crippen molar-refractivity contribution in [3.63, 3.8) is 0 Å². The first kappa shape index (κ1) is 19.0. The van der Waals surface area contributed by atoms with Crippen molar-refractivity contribution in [1.82, 2.24) is 0 Å². The van der Waals surface area contributed by atoms with Crippen molar-refractivity contribution in [2.24, 2.45) is 0 Å². The second-order valence-corrected chi connectivity index (χ2v) is 6.53. The lowest BCUT2D eigenvalue weighted by Crippen LogP contribution is -2.13. The predicted octanol–water partition coefficient (Wildman–Crippen LogP) is 5.53. The third-order valence-corrected chi connectivity index (χ3v) is 4.36. The summed E-state index contributed by atoms with van der Waals surface area (Å²) in [6.07, 6.45) is 1.44. The number of hydrogen-bond donors (Lipinski definition) is 3. The summed E-state index contributed by atoms with van der Waals surface area (Å²) in [5.41, 5.74) is 3.67. The zero-order valence-electron chi connectivity index (χ0n) is 16.0. The van der Waals surface area contributed by atoms with Crippen LogP contribution in [0.1, 0.15) is 20.9 Å². The van der Waals surface area contributed by atoms with E-state index in [1.54, 1.807) is 36.4 Å². The van der Waals surface area contributed by atoms with Gasteiger partial charge in [0.25, 0.3) is 11.8 Å². The molecule has 0 aliphatic rings. The molecule has 4 rings (SSSR count). The van der Waals surface area contributed by atoms with Crippen LogP contribution in [0.3, 0.4) is 0 Å². The van der Waals surface area contributed by atoms with E-state index in [9.17, 15) is 9.59 Å². The molecule has 6 heteroatoms. The van der Waals surface area contributed by atoms with Gasteiger partial charge in [0.15, 0.2) is 5.76 Å². The Kier molecular flexibility index (Phi) is 5.57. The molecule has 0 aliphatic heterocycles. The summed E-state index contributed by atoms with van der Waals surface area (Å²) >= 11 is 0. The van der Waals surface area contributed by atoms with E-state index < -0.39 is 0 Å². The molecule has 3 N–H and O–H groups in total. The van der Waals surface area contributed by atoms with Gasteiger partial charge in [-0.15, -0.1) is 0 Å². The van der Waals surface area contributed by atoms with E-state index in [1.165, 1.54) is 6.26 Å². The Morgan fingerprint density at radius 2 is 1.13 bits per heavy atom. The van der Waals surface area contributed by atoms with Crippen LogP contribution in [0, 0.1) is 0 Å². The minimum absolute atomic E-state index is 0.224. The quantitative estimate of drug-likeness (QED) is 0.400. The molecule has 0 atom stereocenters. The number of nitrogens with one attached hydrogen (secondary N) is 3. The summed E-state index contributed by atoms with van der Waals surface area (Å²) in [5.74, 6) is -0.355. The van der Waals surface area contributed by atoms with Crippen LogP contribution in [0.25, 0.3) is 0 Å². The lowest BCUT2D eigenvalue weighted by atomic mass is 10.2. The van der Waals surface area contributed by atoms with Gasteiger partial charge in [0.1, 0.15) is 0 Å². The van der Waals surface area contributed by atoms with Gasteiger partial charge in [-0.1, -0.05) is 18.2 Å². The summed E-state index contributed by atoms with van der Waals surface area (Å²) in [5, 5.41) is 8.87. The van der Waals surface area contributed by atoms with Crippen molar-refractivity contribution in [3.8, 4) is 0 Å². The number of anilines is 4. The minimum atomic E-state index is -0.346. The number of para-hydroxylation sites is 1. The fraction of sp³-hybridized carbons (Fsp3) is 0. The monoisotopic (exact) mass is 397 g/mol. The standard InChI is InChI=1S/C24H19N3O3/c28-23(17-8-10-20(11-9-17)27-24(29)22-7-4-16-30-22)26-21-14-12-19(13-15-21)25-18-5-2-1-3-6-18/h1-16,25H,(H,26,28)(H,27,29). The van der Waals surface area contributed by atoms with Gasteiger partial charge in [0.05, 0.1) is 6.26 Å². The Labute approximate surface area is 173 Å². The smallest absolute Gasteiger partial charge is 0.291 e. The average molecular weight is 397 g/mol. The molecule has 0 saturated heterocycles. The van der Waals surface area contributed by atoms with Gasteiger partial charge in [-0.2, -0.15) is 0 Å². The van der Waals surface area contributed by atoms with Crippen LogP contribution in [0.2, 0.25) is 0 Å². The molecule has 1 aromatic heterocycles. The van der Waals surface area contributed by atoms with Crippen LogP contribution in [-0.2, 0) is 0 Å². The van der Waals surface area contributed by atoms with Crippen molar-refractivity contribution in [2.45, 2.75) is 0 Å². The largest absolute Gasteiger partial charge is 0.459 e. The van der Waals surface area contributed by atoms with Gasteiger partial charge < -0.3 is 20.4 Å². The van der Waals surface area contributed by atoms with Crippen LogP contribution in [0.5, 0.6) is 0 Å². The third-order valence-electron chi connectivity index (χ3n) is 4.36. The van der Waals surface area contributed by atoms with E-state index in [2.05, 4.69) is 16.0 Å². The van der Waals surface area contributed by atoms with E-state index in [0.29, 0.717) is 16.9 Å². The maximum Gasteiger partial charge on any atom is 0.291 e. The average Bonchev–Trinajstić information content (AvgIpc) is 3.32. The molecule has 0 radical (unpaired) electrons. The summed E-state index contributed by atoms with van der Waals surface area (Å²) in [4.78, 5) is 24.5. The highest BCUT2D eigenvalue weighted by Crippen LogP contribution is 2.19. The van der Waals surface area contributed by atoms with Crippen LogP contribution >= 0.6 is 0 Å². The zero-order valence-corrected chi connectivity index (χ0v) is 16.0. The molecule has 0 saturated carbocycles. The summed E-state index contributed by atoms with van der Waals surface area (Å²) in [6, 6.07) is 27.2. The number of hydrogen-bond acceptors (Lipinski definition) is 4. The Hall–Kier alpha value is -4.32. The van der Waals surface area contributed by atoms with E-state index in [-0.39, 0.29) is 17.6 Å². The Morgan fingerprint density at radius 3 is 1.77 bits per heavy atom. The first-order valence-corrected chi connectivity index (χ1v) is 9.36. The summed E-state index contributed by atoms with van der Waals surface area (Å²) in [6.45, 7) is 0. The highest BCUT2D eigenvalue weighted by Gasteiger charge is 2.10.